The Morgan fingerprint density at radius 2 is 2.21 bits per heavy atom. The van der Waals surface area contributed by atoms with Crippen LogP contribution in [0.1, 0.15) is 23.1 Å². The van der Waals surface area contributed by atoms with Crippen molar-refractivity contribution < 1.29 is 4.42 Å². The molecule has 2 aromatic heterocycles. The van der Waals surface area contributed by atoms with Crippen LogP contribution in [0.5, 0.6) is 0 Å². The van der Waals surface area contributed by atoms with Gasteiger partial charge in [0.2, 0.25) is 0 Å². The Kier molecular flexibility index (Phi) is 2.83. The lowest BCUT2D eigenvalue weighted by molar-refractivity contribution is 0.491. The molecule has 0 aliphatic rings. The summed E-state index contributed by atoms with van der Waals surface area (Å²) in [6.07, 6.45) is 2.49. The molecule has 0 aliphatic heterocycles. The normalized spacial score (nSPS) is 13.0. The highest BCUT2D eigenvalue weighted by Crippen LogP contribution is 2.25. The summed E-state index contributed by atoms with van der Waals surface area (Å²) < 4.78 is 7.45. The summed E-state index contributed by atoms with van der Waals surface area (Å²) in [5, 5.41) is 9.03. The summed E-state index contributed by atoms with van der Waals surface area (Å²) in [5.41, 5.74) is 9.12. The molecule has 0 aliphatic carbocycles. The minimum absolute atomic E-state index is 0.204. The van der Waals surface area contributed by atoms with Crippen LogP contribution in [0.2, 0.25) is 0 Å². The molecule has 2 N–H and O–H groups in total. The number of nitrogens with zero attached hydrogens (tertiary/aromatic N) is 3. The fourth-order valence-electron chi connectivity index (χ4n) is 2.18. The lowest BCUT2D eigenvalue weighted by Crippen LogP contribution is -2.12. The topological polar surface area (TPSA) is 69.9 Å². The molecule has 5 nitrogen and oxygen atoms in total. The number of nitrogens with two attached hydrogens (primary N) is 1. The van der Waals surface area contributed by atoms with Crippen LogP contribution < -0.4 is 5.73 Å². The van der Waals surface area contributed by atoms with Gasteiger partial charge < -0.3 is 10.2 Å². The molecule has 0 radical (unpaired) electrons. The van der Waals surface area contributed by atoms with Gasteiger partial charge in [-0.2, -0.15) is 0 Å². The molecule has 5 heteroatoms. The van der Waals surface area contributed by atoms with Gasteiger partial charge in [-0.1, -0.05) is 16.8 Å². The monoisotopic (exact) mass is 256 g/mol. The van der Waals surface area contributed by atoms with Gasteiger partial charge in [0.05, 0.1) is 11.7 Å². The quantitative estimate of drug-likeness (QED) is 0.779. The SMILES string of the molecule is Cc1ccc2oc(C(N)Cc3cn(C)nn3)cc2c1. The van der Waals surface area contributed by atoms with E-state index in [2.05, 4.69) is 23.3 Å². The summed E-state index contributed by atoms with van der Waals surface area (Å²) in [5.74, 6) is 0.784. The minimum Gasteiger partial charge on any atom is -0.459 e. The molecule has 3 aromatic rings. The molecule has 2 heterocycles. The number of benzene rings is 1. The number of furan rings is 1. The molecule has 1 unspecified atom stereocenters. The Bertz CT molecular complexity index is 713. The molecular weight excluding hydrogens is 240 g/mol. The van der Waals surface area contributed by atoms with Crippen molar-refractivity contribution in [1.82, 2.24) is 15.0 Å². The highest BCUT2D eigenvalue weighted by Gasteiger charge is 2.14. The van der Waals surface area contributed by atoms with Crippen LogP contribution in [-0.2, 0) is 13.5 Å². The Balaban J connectivity index is 1.86. The van der Waals surface area contributed by atoms with Crippen LogP contribution in [0, 0.1) is 6.92 Å². The third-order valence-corrected chi connectivity index (χ3v) is 3.14. The van der Waals surface area contributed by atoms with E-state index in [1.165, 1.54) is 5.56 Å². The van der Waals surface area contributed by atoms with E-state index in [9.17, 15) is 0 Å². The molecular formula is C14H16N4O. The van der Waals surface area contributed by atoms with Crippen LogP contribution in [0.3, 0.4) is 0 Å². The largest absolute Gasteiger partial charge is 0.459 e. The molecule has 0 fully saturated rings. The second-order valence-electron chi connectivity index (χ2n) is 4.88. The van der Waals surface area contributed by atoms with Gasteiger partial charge in [-0.25, -0.2) is 0 Å². The molecule has 98 valence electrons. The van der Waals surface area contributed by atoms with Gasteiger partial charge in [-0.05, 0) is 25.1 Å². The van der Waals surface area contributed by atoms with E-state index in [1.807, 2.05) is 31.4 Å². The Hall–Kier alpha value is -2.14. The number of aryl methyl sites for hydroxylation is 2. The second kappa shape index (κ2) is 4.51. The predicted molar refractivity (Wildman–Crippen MR) is 72.6 cm³/mol. The van der Waals surface area contributed by atoms with Gasteiger partial charge in [0.1, 0.15) is 11.3 Å². The zero-order chi connectivity index (χ0) is 13.4. The van der Waals surface area contributed by atoms with E-state index in [0.717, 1.165) is 22.4 Å². The molecule has 0 saturated carbocycles. The van der Waals surface area contributed by atoms with E-state index in [-0.39, 0.29) is 6.04 Å². The Labute approximate surface area is 111 Å². The first kappa shape index (κ1) is 11.9. The number of fused-ring (bicyclic) bond motifs is 1. The molecule has 0 bridgehead atoms. The maximum absolute atomic E-state index is 6.17. The van der Waals surface area contributed by atoms with E-state index in [4.69, 9.17) is 10.2 Å². The molecule has 0 spiro atoms. The van der Waals surface area contributed by atoms with Crippen molar-refractivity contribution in [3.05, 3.63) is 47.5 Å². The fourth-order valence-corrected chi connectivity index (χ4v) is 2.18. The van der Waals surface area contributed by atoms with Gasteiger partial charge >= 0.3 is 0 Å². The first-order valence-electron chi connectivity index (χ1n) is 6.23. The predicted octanol–water partition coefficient (Wildman–Crippen LogP) is 2.11. The van der Waals surface area contributed by atoms with Gasteiger partial charge in [0.25, 0.3) is 0 Å². The highest BCUT2D eigenvalue weighted by molar-refractivity contribution is 5.78. The first-order chi connectivity index (χ1) is 9.11. The van der Waals surface area contributed by atoms with Crippen molar-refractivity contribution in [2.45, 2.75) is 19.4 Å². The van der Waals surface area contributed by atoms with Crippen LogP contribution in [0.25, 0.3) is 11.0 Å². The smallest absolute Gasteiger partial charge is 0.134 e. The van der Waals surface area contributed by atoms with Gasteiger partial charge in [-0.15, -0.1) is 5.10 Å². The van der Waals surface area contributed by atoms with E-state index in [1.54, 1.807) is 4.68 Å². The van der Waals surface area contributed by atoms with Crippen molar-refractivity contribution in [1.29, 1.82) is 0 Å². The molecule has 0 saturated heterocycles. The third-order valence-electron chi connectivity index (χ3n) is 3.14. The third kappa shape index (κ3) is 2.37. The summed E-state index contributed by atoms with van der Waals surface area (Å²) in [6, 6.07) is 7.90. The summed E-state index contributed by atoms with van der Waals surface area (Å²) in [4.78, 5) is 0. The zero-order valence-electron chi connectivity index (χ0n) is 11.0. The second-order valence-corrected chi connectivity index (χ2v) is 4.88. The summed E-state index contributed by atoms with van der Waals surface area (Å²) >= 11 is 0. The van der Waals surface area contributed by atoms with Gasteiger partial charge in [0, 0.05) is 25.1 Å². The van der Waals surface area contributed by atoms with E-state index < -0.39 is 0 Å². The lowest BCUT2D eigenvalue weighted by Gasteiger charge is -2.04. The standard InChI is InChI=1S/C14H16N4O/c1-9-3-4-13-10(5-9)6-14(19-13)12(15)7-11-8-18(2)17-16-11/h3-6,8,12H,7,15H2,1-2H3. The van der Waals surface area contributed by atoms with Crippen molar-refractivity contribution in [2.75, 3.05) is 0 Å². The number of hydrogen-bond donors (Lipinski definition) is 1. The average Bonchev–Trinajstić information content (AvgIpc) is 2.95. The van der Waals surface area contributed by atoms with Gasteiger partial charge in [0.15, 0.2) is 0 Å². The number of aromatic nitrogens is 3. The van der Waals surface area contributed by atoms with E-state index in [0.29, 0.717) is 6.42 Å². The van der Waals surface area contributed by atoms with Crippen LogP contribution in [0.15, 0.2) is 34.9 Å². The van der Waals surface area contributed by atoms with Crippen LogP contribution >= 0.6 is 0 Å². The maximum atomic E-state index is 6.17. The van der Waals surface area contributed by atoms with Crippen LogP contribution in [0.4, 0.5) is 0 Å². The van der Waals surface area contributed by atoms with Crippen molar-refractivity contribution in [3.63, 3.8) is 0 Å². The number of rotatable bonds is 3. The highest BCUT2D eigenvalue weighted by atomic mass is 16.3. The maximum Gasteiger partial charge on any atom is 0.134 e. The Morgan fingerprint density at radius 1 is 1.37 bits per heavy atom. The van der Waals surface area contributed by atoms with Gasteiger partial charge in [-0.3, -0.25) is 4.68 Å². The zero-order valence-corrected chi connectivity index (χ0v) is 11.0. The molecule has 1 aromatic carbocycles. The van der Waals surface area contributed by atoms with E-state index >= 15 is 0 Å². The first-order valence-corrected chi connectivity index (χ1v) is 6.23. The lowest BCUT2D eigenvalue weighted by atomic mass is 10.1. The molecule has 3 rings (SSSR count). The molecule has 1 atom stereocenters. The average molecular weight is 256 g/mol. The number of hydrogen-bond acceptors (Lipinski definition) is 4. The summed E-state index contributed by atoms with van der Waals surface area (Å²) in [7, 11) is 1.84. The summed E-state index contributed by atoms with van der Waals surface area (Å²) in [6.45, 7) is 2.06. The van der Waals surface area contributed by atoms with Crippen LogP contribution in [-0.4, -0.2) is 15.0 Å². The molecule has 19 heavy (non-hydrogen) atoms. The fraction of sp³-hybridized carbons (Fsp3) is 0.286. The molecule has 0 amide bonds. The van der Waals surface area contributed by atoms with Crippen molar-refractivity contribution in [3.8, 4) is 0 Å². The van der Waals surface area contributed by atoms with Crippen molar-refractivity contribution >= 4 is 11.0 Å². The minimum atomic E-state index is -0.204. The van der Waals surface area contributed by atoms with Crippen molar-refractivity contribution in [2.24, 2.45) is 12.8 Å². The Morgan fingerprint density at radius 3 is 2.95 bits per heavy atom.